The first-order chi connectivity index (χ1) is 14.7. The van der Waals surface area contributed by atoms with E-state index in [0.29, 0.717) is 18.1 Å². The van der Waals surface area contributed by atoms with E-state index in [0.717, 1.165) is 53.9 Å². The summed E-state index contributed by atoms with van der Waals surface area (Å²) in [4.78, 5) is 33.5. The topological polar surface area (TPSA) is 65.5 Å². The number of anilines is 2. The summed E-state index contributed by atoms with van der Waals surface area (Å²) in [6.45, 7) is 6.96. The Morgan fingerprint density at radius 3 is 2.43 bits per heavy atom. The van der Waals surface area contributed by atoms with Crippen molar-refractivity contribution < 1.29 is 4.79 Å². The highest BCUT2D eigenvalue weighted by atomic mass is 32.1. The number of benzene rings is 1. The summed E-state index contributed by atoms with van der Waals surface area (Å²) in [5.74, 6) is 1.84. The van der Waals surface area contributed by atoms with Gasteiger partial charge in [0.2, 0.25) is 5.95 Å². The molecule has 1 aromatic carbocycles. The van der Waals surface area contributed by atoms with Crippen molar-refractivity contribution in [3.63, 3.8) is 0 Å². The third kappa shape index (κ3) is 3.84. The average Bonchev–Trinajstić information content (AvgIpc) is 3.23. The van der Waals surface area contributed by atoms with Gasteiger partial charge in [-0.05, 0) is 38.3 Å². The van der Waals surface area contributed by atoms with Gasteiger partial charge in [0.05, 0.1) is 10.2 Å². The number of hydrogen-bond acceptors (Lipinski definition) is 7. The Morgan fingerprint density at radius 2 is 1.67 bits per heavy atom. The first-order valence-electron chi connectivity index (χ1n) is 10.7. The normalized spacial score (nSPS) is 17.6. The number of amides is 1. The average molecular weight is 423 g/mol. The molecule has 0 N–H and O–H groups in total. The lowest BCUT2D eigenvalue weighted by Gasteiger charge is -2.35. The van der Waals surface area contributed by atoms with Gasteiger partial charge in [0.25, 0.3) is 5.91 Å². The van der Waals surface area contributed by atoms with Crippen LogP contribution in [0.25, 0.3) is 10.2 Å². The van der Waals surface area contributed by atoms with Crippen LogP contribution in [0.4, 0.5) is 11.8 Å². The molecule has 0 saturated carbocycles. The molecule has 30 heavy (non-hydrogen) atoms. The molecule has 0 unspecified atom stereocenters. The summed E-state index contributed by atoms with van der Waals surface area (Å²) >= 11 is 1.47. The smallest absolute Gasteiger partial charge is 0.282 e. The van der Waals surface area contributed by atoms with Crippen LogP contribution in [0.2, 0.25) is 0 Å². The van der Waals surface area contributed by atoms with Crippen LogP contribution in [0.15, 0.2) is 30.3 Å². The molecule has 2 aromatic heterocycles. The molecule has 8 heteroatoms. The largest absolute Gasteiger partial charge is 0.356 e. The molecule has 0 aliphatic carbocycles. The van der Waals surface area contributed by atoms with Crippen molar-refractivity contribution in [1.82, 2.24) is 19.9 Å². The molecular weight excluding hydrogens is 396 g/mol. The highest BCUT2D eigenvalue weighted by molar-refractivity contribution is 7.20. The highest BCUT2D eigenvalue weighted by Crippen LogP contribution is 2.25. The maximum Gasteiger partial charge on any atom is 0.282 e. The maximum atomic E-state index is 12.9. The van der Waals surface area contributed by atoms with E-state index in [1.54, 1.807) is 0 Å². The fraction of sp³-hybridized carbons (Fsp3) is 0.455. The molecule has 2 fully saturated rings. The van der Waals surface area contributed by atoms with Crippen molar-refractivity contribution in [2.75, 3.05) is 49.1 Å². The van der Waals surface area contributed by atoms with Gasteiger partial charge >= 0.3 is 0 Å². The van der Waals surface area contributed by atoms with Crippen molar-refractivity contribution in [3.8, 4) is 0 Å². The van der Waals surface area contributed by atoms with Gasteiger partial charge in [-0.15, -0.1) is 11.3 Å². The lowest BCUT2D eigenvalue weighted by Crippen LogP contribution is -2.49. The quantitative estimate of drug-likeness (QED) is 0.645. The van der Waals surface area contributed by atoms with Crippen LogP contribution < -0.4 is 9.80 Å². The van der Waals surface area contributed by atoms with E-state index in [-0.39, 0.29) is 5.91 Å². The third-order valence-corrected chi connectivity index (χ3v) is 6.86. The Balaban J connectivity index is 1.27. The SMILES string of the molecule is Cc1cc(N2CCCCC2)nc(N2CCN(C(=O)c3nc4ccccc4s3)CC2)n1. The van der Waals surface area contributed by atoms with Gasteiger partial charge in [0.15, 0.2) is 5.01 Å². The van der Waals surface area contributed by atoms with Crippen molar-refractivity contribution >= 4 is 39.2 Å². The molecule has 4 heterocycles. The summed E-state index contributed by atoms with van der Waals surface area (Å²) in [6.07, 6.45) is 3.76. The number of fused-ring (bicyclic) bond motifs is 1. The molecular formula is C22H26N6OS. The lowest BCUT2D eigenvalue weighted by atomic mass is 10.1. The van der Waals surface area contributed by atoms with Gasteiger partial charge in [0.1, 0.15) is 5.82 Å². The van der Waals surface area contributed by atoms with Crippen LogP contribution >= 0.6 is 11.3 Å². The zero-order chi connectivity index (χ0) is 20.5. The number of thiazole rings is 1. The van der Waals surface area contributed by atoms with Gasteiger partial charge in [-0.25, -0.2) is 9.97 Å². The number of carbonyl (C=O) groups is 1. The molecule has 2 aliphatic heterocycles. The number of hydrogen-bond donors (Lipinski definition) is 0. The third-order valence-electron chi connectivity index (χ3n) is 5.84. The number of aromatic nitrogens is 3. The maximum absolute atomic E-state index is 12.9. The Labute approximate surface area is 180 Å². The van der Waals surface area contributed by atoms with E-state index >= 15 is 0 Å². The second kappa shape index (κ2) is 8.18. The Bertz CT molecular complexity index is 1020. The Kier molecular flexibility index (Phi) is 5.25. The van der Waals surface area contributed by atoms with Crippen LogP contribution in [-0.4, -0.2) is 65.0 Å². The minimum absolute atomic E-state index is 0.0232. The number of piperazine rings is 1. The summed E-state index contributed by atoms with van der Waals surface area (Å²) in [5.41, 5.74) is 1.89. The van der Waals surface area contributed by atoms with Gasteiger partial charge in [-0.1, -0.05) is 12.1 Å². The summed E-state index contributed by atoms with van der Waals surface area (Å²) in [5, 5.41) is 0.573. The molecule has 7 nitrogen and oxygen atoms in total. The van der Waals surface area contributed by atoms with Crippen molar-refractivity contribution in [2.24, 2.45) is 0 Å². The summed E-state index contributed by atoms with van der Waals surface area (Å²) < 4.78 is 1.05. The molecule has 2 aliphatic rings. The molecule has 0 radical (unpaired) electrons. The monoisotopic (exact) mass is 422 g/mol. The lowest BCUT2D eigenvalue weighted by molar-refractivity contribution is 0.0746. The van der Waals surface area contributed by atoms with Crippen LogP contribution in [0, 0.1) is 6.92 Å². The number of para-hydroxylation sites is 1. The molecule has 1 amide bonds. The Morgan fingerprint density at radius 1 is 0.900 bits per heavy atom. The molecule has 0 spiro atoms. The van der Waals surface area contributed by atoms with E-state index in [4.69, 9.17) is 4.98 Å². The van der Waals surface area contributed by atoms with Crippen LogP contribution in [0.1, 0.15) is 34.8 Å². The van der Waals surface area contributed by atoms with Crippen molar-refractivity contribution in [1.29, 1.82) is 0 Å². The minimum Gasteiger partial charge on any atom is -0.356 e. The Hall–Kier alpha value is -2.74. The van der Waals surface area contributed by atoms with Crippen molar-refractivity contribution in [2.45, 2.75) is 26.2 Å². The first kappa shape index (κ1) is 19.2. The standard InChI is InChI=1S/C22H26N6OS/c1-16-15-19(26-9-5-2-6-10-26)25-22(23-16)28-13-11-27(12-14-28)21(29)20-24-17-7-3-4-8-18(17)30-20/h3-4,7-8,15H,2,5-6,9-14H2,1H3. The van der Waals surface area contributed by atoms with Crippen LogP contribution in [0.3, 0.4) is 0 Å². The van der Waals surface area contributed by atoms with Crippen LogP contribution in [0.5, 0.6) is 0 Å². The fourth-order valence-corrected chi connectivity index (χ4v) is 5.11. The predicted octanol–water partition coefficient (Wildman–Crippen LogP) is 3.35. The van der Waals surface area contributed by atoms with E-state index < -0.39 is 0 Å². The number of rotatable bonds is 3. The fourth-order valence-electron chi connectivity index (χ4n) is 4.17. The predicted molar refractivity (Wildman–Crippen MR) is 121 cm³/mol. The minimum atomic E-state index is 0.0232. The summed E-state index contributed by atoms with van der Waals surface area (Å²) in [7, 11) is 0. The zero-order valence-corrected chi connectivity index (χ0v) is 18.1. The van der Waals surface area contributed by atoms with Crippen molar-refractivity contribution in [3.05, 3.63) is 41.0 Å². The second-order valence-electron chi connectivity index (χ2n) is 7.98. The zero-order valence-electron chi connectivity index (χ0n) is 17.3. The second-order valence-corrected chi connectivity index (χ2v) is 9.01. The number of aryl methyl sites for hydroxylation is 1. The molecule has 0 bridgehead atoms. The highest BCUT2D eigenvalue weighted by Gasteiger charge is 2.26. The van der Waals surface area contributed by atoms with Gasteiger partial charge in [-0.3, -0.25) is 4.79 Å². The molecule has 2 saturated heterocycles. The van der Waals surface area contributed by atoms with Gasteiger partial charge in [-0.2, -0.15) is 4.98 Å². The number of nitrogens with zero attached hydrogens (tertiary/aromatic N) is 6. The first-order valence-corrected chi connectivity index (χ1v) is 11.5. The van der Waals surface area contributed by atoms with Crippen LogP contribution in [-0.2, 0) is 0 Å². The molecule has 156 valence electrons. The van der Waals surface area contributed by atoms with E-state index in [9.17, 15) is 4.79 Å². The molecule has 0 atom stereocenters. The van der Waals surface area contributed by atoms with E-state index in [1.807, 2.05) is 36.1 Å². The van der Waals surface area contributed by atoms with Gasteiger partial charge in [0, 0.05) is 51.0 Å². The molecule has 5 rings (SSSR count). The molecule has 3 aromatic rings. The number of piperidine rings is 1. The van der Waals surface area contributed by atoms with E-state index in [1.165, 1.54) is 30.6 Å². The van der Waals surface area contributed by atoms with E-state index in [2.05, 4.69) is 25.8 Å². The number of carbonyl (C=O) groups excluding carboxylic acids is 1. The van der Waals surface area contributed by atoms with Gasteiger partial charge < -0.3 is 14.7 Å². The summed E-state index contributed by atoms with van der Waals surface area (Å²) in [6, 6.07) is 9.98.